The number of amides is 1. The number of likely N-dealkylation sites (tertiary alicyclic amines) is 1. The van der Waals surface area contributed by atoms with Crippen molar-refractivity contribution in [3.05, 3.63) is 29.8 Å². The number of rotatable bonds is 9. The van der Waals surface area contributed by atoms with Gasteiger partial charge >= 0.3 is 17.9 Å². The molecule has 262 valence electrons. The third-order valence-corrected chi connectivity index (χ3v) is 13.2. The smallest absolute Gasteiger partial charge is 0.340 e. The van der Waals surface area contributed by atoms with Gasteiger partial charge in [-0.3, -0.25) is 19.3 Å². The highest BCUT2D eigenvalue weighted by molar-refractivity contribution is 6.00. The van der Waals surface area contributed by atoms with E-state index in [-0.39, 0.29) is 53.4 Å². The van der Waals surface area contributed by atoms with Crippen LogP contribution in [0.5, 0.6) is 0 Å². The van der Waals surface area contributed by atoms with Gasteiger partial charge in [0.2, 0.25) is 5.91 Å². The summed E-state index contributed by atoms with van der Waals surface area (Å²) < 4.78 is 39.1. The number of esters is 3. The molecule has 5 saturated carbocycles. The first-order valence-corrected chi connectivity index (χ1v) is 17.2. The van der Waals surface area contributed by atoms with Crippen LogP contribution in [0.4, 0.5) is 5.69 Å². The first kappa shape index (κ1) is 33.4. The molecule has 0 radical (unpaired) electrons. The van der Waals surface area contributed by atoms with Gasteiger partial charge < -0.3 is 33.7 Å². The van der Waals surface area contributed by atoms with Crippen molar-refractivity contribution in [3.63, 3.8) is 0 Å². The lowest BCUT2D eigenvalue weighted by atomic mass is 9.43. The second-order valence-electron chi connectivity index (χ2n) is 14.8. The number of hydrogen-bond acceptors (Lipinski definition) is 11. The van der Waals surface area contributed by atoms with Gasteiger partial charge in [-0.1, -0.05) is 19.1 Å². The van der Waals surface area contributed by atoms with Crippen LogP contribution in [0.1, 0.15) is 70.2 Å². The lowest BCUT2D eigenvalue weighted by Gasteiger charge is -2.71. The lowest BCUT2D eigenvalue weighted by Crippen LogP contribution is -2.84. The van der Waals surface area contributed by atoms with E-state index < -0.39 is 46.2 Å². The Bertz CT molecular complexity index is 1520. The van der Waals surface area contributed by atoms with Gasteiger partial charge in [0.25, 0.3) is 0 Å². The number of ether oxygens (including phenoxy) is 6. The maximum atomic E-state index is 14.3. The number of nitrogens with zero attached hydrogens (tertiary/aromatic N) is 1. The van der Waals surface area contributed by atoms with Gasteiger partial charge in [-0.15, -0.1) is 0 Å². The van der Waals surface area contributed by atoms with E-state index in [9.17, 15) is 19.2 Å². The summed E-state index contributed by atoms with van der Waals surface area (Å²) in [5.41, 5.74) is -3.47. The zero-order valence-electron chi connectivity index (χ0n) is 28.9. The van der Waals surface area contributed by atoms with Crippen LogP contribution in [0.2, 0.25) is 0 Å². The molecular formula is C36H48N2O10. The monoisotopic (exact) mass is 668 g/mol. The number of nitrogens with one attached hydrogen (secondary N) is 1. The maximum absolute atomic E-state index is 14.3. The number of likely N-dealkylation sites (N-methyl/N-ethyl adjacent to an activating group) is 1. The fourth-order valence-electron chi connectivity index (χ4n) is 12.4. The van der Waals surface area contributed by atoms with Gasteiger partial charge in [0.05, 0.1) is 23.5 Å². The molecule has 1 saturated heterocycles. The highest BCUT2D eigenvalue weighted by Gasteiger charge is 2.91. The van der Waals surface area contributed by atoms with E-state index in [0.717, 1.165) is 0 Å². The molecule has 7 bridgehead atoms. The van der Waals surface area contributed by atoms with Crippen LogP contribution in [-0.2, 0) is 42.8 Å². The Morgan fingerprint density at radius 1 is 0.917 bits per heavy atom. The molecule has 6 aliphatic rings. The first-order valence-electron chi connectivity index (χ1n) is 17.2. The Balaban J connectivity index is 1.45. The van der Waals surface area contributed by atoms with Gasteiger partial charge in [-0.05, 0) is 44.4 Å². The molecule has 1 aromatic rings. The maximum Gasteiger partial charge on any atom is 0.340 e. The topological polar surface area (TPSA) is 139 Å². The standard InChI is InChI=1S/C36H48N2O10/c1-8-38-18-33(48-32(42)22-11-9-10-12-25(22)37-19(2)39)14-13-29(44-6)35-27(33)16-24(30(35)38)34(46-20(3)40)17-26(43-5)23-15-28(35)36(34,31(23)45-7)47-21(4)41/h9-12,23-24,26-31H,8,13-18H2,1-7H3,(H,37,39)/t23-,24-,26+,27-,28+,29+,30?,31+,33-,34+,35+,36+/m1/s1. The van der Waals surface area contributed by atoms with E-state index in [2.05, 4.69) is 17.1 Å². The fraction of sp³-hybridized carbons (Fsp3) is 0.722. The quantitative estimate of drug-likeness (QED) is 0.306. The average Bonchev–Trinajstić information content (AvgIpc) is 3.46. The molecule has 1 amide bonds. The predicted molar refractivity (Wildman–Crippen MR) is 171 cm³/mol. The Hall–Kier alpha value is -3.06. The number of methoxy groups -OCH3 is 3. The van der Waals surface area contributed by atoms with Crippen molar-refractivity contribution in [2.45, 2.75) is 101 Å². The summed E-state index contributed by atoms with van der Waals surface area (Å²) in [7, 11) is 5.04. The number of fused-ring (bicyclic) bond motifs is 2. The predicted octanol–water partition coefficient (Wildman–Crippen LogP) is 3.36. The van der Waals surface area contributed by atoms with Crippen LogP contribution in [0, 0.1) is 29.1 Å². The van der Waals surface area contributed by atoms with E-state index in [4.69, 9.17) is 28.4 Å². The van der Waals surface area contributed by atoms with Crippen LogP contribution in [0.25, 0.3) is 0 Å². The first-order chi connectivity index (χ1) is 22.9. The Labute approximate surface area is 281 Å². The molecule has 1 heterocycles. The van der Waals surface area contributed by atoms with Gasteiger partial charge in [0.1, 0.15) is 11.7 Å². The number of carbonyl (C=O) groups is 4. The Morgan fingerprint density at radius 3 is 2.27 bits per heavy atom. The second-order valence-corrected chi connectivity index (χ2v) is 14.8. The molecule has 1 spiro atoms. The lowest BCUT2D eigenvalue weighted by molar-refractivity contribution is -0.341. The normalized spacial score (nSPS) is 43.3. The third-order valence-electron chi connectivity index (χ3n) is 13.2. The van der Waals surface area contributed by atoms with E-state index in [1.54, 1.807) is 45.6 Å². The van der Waals surface area contributed by atoms with Crippen molar-refractivity contribution in [1.29, 1.82) is 0 Å². The fourth-order valence-corrected chi connectivity index (χ4v) is 12.4. The van der Waals surface area contributed by atoms with Gasteiger partial charge in [-0.25, -0.2) is 4.79 Å². The van der Waals surface area contributed by atoms with Crippen LogP contribution in [0.3, 0.4) is 0 Å². The molecule has 1 N–H and O–H groups in total. The highest BCUT2D eigenvalue weighted by Crippen LogP contribution is 2.80. The summed E-state index contributed by atoms with van der Waals surface area (Å²) >= 11 is 0. The summed E-state index contributed by atoms with van der Waals surface area (Å²) in [5, 5.41) is 2.77. The van der Waals surface area contributed by atoms with E-state index >= 15 is 0 Å². The molecular weight excluding hydrogens is 620 g/mol. The molecule has 7 rings (SSSR count). The van der Waals surface area contributed by atoms with Crippen LogP contribution >= 0.6 is 0 Å². The molecule has 48 heavy (non-hydrogen) atoms. The number of hydrogen-bond donors (Lipinski definition) is 1. The highest BCUT2D eigenvalue weighted by atomic mass is 16.6. The van der Waals surface area contributed by atoms with Crippen LogP contribution < -0.4 is 5.32 Å². The third kappa shape index (κ3) is 4.09. The van der Waals surface area contributed by atoms with Crippen molar-refractivity contribution in [2.24, 2.45) is 29.1 Å². The molecule has 6 fully saturated rings. The molecule has 1 aromatic carbocycles. The Morgan fingerprint density at radius 2 is 1.65 bits per heavy atom. The van der Waals surface area contributed by atoms with Gasteiger partial charge in [-0.2, -0.15) is 0 Å². The van der Waals surface area contributed by atoms with Gasteiger partial charge in [0, 0.05) is 90.2 Å². The zero-order valence-corrected chi connectivity index (χ0v) is 28.9. The largest absolute Gasteiger partial charge is 0.454 e. The summed E-state index contributed by atoms with van der Waals surface area (Å²) in [5.74, 6) is -2.74. The minimum Gasteiger partial charge on any atom is -0.454 e. The zero-order chi connectivity index (χ0) is 34.4. The van der Waals surface area contributed by atoms with Crippen LogP contribution in [-0.4, -0.2) is 104 Å². The summed E-state index contributed by atoms with van der Waals surface area (Å²) in [6, 6.07) is 6.77. The minimum atomic E-state index is -1.31. The number of piperidine rings is 1. The molecule has 5 aliphatic carbocycles. The summed E-state index contributed by atoms with van der Waals surface area (Å²) in [6.45, 7) is 7.47. The molecule has 12 atom stereocenters. The molecule has 1 aliphatic heterocycles. The van der Waals surface area contributed by atoms with Crippen molar-refractivity contribution in [3.8, 4) is 0 Å². The van der Waals surface area contributed by atoms with Crippen molar-refractivity contribution < 1.29 is 47.6 Å². The summed E-state index contributed by atoms with van der Waals surface area (Å²) in [6.07, 6.45) is 1.55. The Kier molecular flexibility index (Phi) is 8.01. The SMILES string of the molecule is CCN1C[C@]2(OC(=O)c3ccccc3NC(C)=O)CC[C@H](OC)[C@]34C1[C@@H](C[C@H]23)[C@@]1(OC(C)=O)C[C@H](OC)[C@H]2C[C@@H]4[C@]1(OC(C)=O)[C@H]2OC. The van der Waals surface area contributed by atoms with E-state index in [0.29, 0.717) is 50.9 Å². The number of carbonyl (C=O) groups excluding carboxylic acids is 4. The van der Waals surface area contributed by atoms with Gasteiger partial charge in [0.15, 0.2) is 11.2 Å². The van der Waals surface area contributed by atoms with Crippen molar-refractivity contribution >= 4 is 29.5 Å². The van der Waals surface area contributed by atoms with E-state index in [1.807, 2.05) is 0 Å². The molecule has 0 aromatic heterocycles. The summed E-state index contributed by atoms with van der Waals surface area (Å²) in [4.78, 5) is 55.2. The van der Waals surface area contributed by atoms with Crippen molar-refractivity contribution in [2.75, 3.05) is 39.7 Å². The van der Waals surface area contributed by atoms with Crippen molar-refractivity contribution in [1.82, 2.24) is 4.90 Å². The molecule has 12 heteroatoms. The molecule has 12 nitrogen and oxygen atoms in total. The molecule has 1 unspecified atom stereocenters. The van der Waals surface area contributed by atoms with E-state index in [1.165, 1.54) is 20.8 Å². The number of anilines is 1. The number of benzene rings is 1. The second kappa shape index (κ2) is 11.5. The average molecular weight is 669 g/mol. The number of para-hydroxylation sites is 1. The minimum absolute atomic E-state index is 0.115. The van der Waals surface area contributed by atoms with Crippen LogP contribution in [0.15, 0.2) is 24.3 Å².